The Morgan fingerprint density at radius 3 is 2.38 bits per heavy atom. The smallest absolute Gasteiger partial charge is 0.260 e. The van der Waals surface area contributed by atoms with Gasteiger partial charge in [0.2, 0.25) is 6.61 Å². The van der Waals surface area contributed by atoms with E-state index in [4.69, 9.17) is 0 Å². The van der Waals surface area contributed by atoms with Crippen molar-refractivity contribution in [3.05, 3.63) is 6.61 Å². The molecule has 0 heterocycles. The highest BCUT2D eigenvalue weighted by atomic mass is 32.3. The number of hydrogen-bond acceptors (Lipinski definition) is 4. The lowest BCUT2D eigenvalue weighted by molar-refractivity contribution is 0.308. The van der Waals surface area contributed by atoms with Crippen LogP contribution < -0.4 is 0 Å². The summed E-state index contributed by atoms with van der Waals surface area (Å²) in [6, 6.07) is 0. The first-order valence-corrected chi connectivity index (χ1v) is 3.35. The highest BCUT2D eigenvalue weighted by molar-refractivity contribution is 7.80. The third-order valence-electron chi connectivity index (χ3n) is 0.353. The van der Waals surface area contributed by atoms with Crippen LogP contribution in [0.5, 0.6) is 0 Å². The summed E-state index contributed by atoms with van der Waals surface area (Å²) in [5, 5.41) is 0. The topological polar surface area (TPSA) is 66.4 Å². The van der Waals surface area contributed by atoms with Crippen molar-refractivity contribution < 1.29 is 17.2 Å². The molecule has 0 aliphatic rings. The summed E-state index contributed by atoms with van der Waals surface area (Å²) in [7, 11) is -4.49. The summed E-state index contributed by atoms with van der Waals surface area (Å²) >= 11 is 0. The van der Waals surface area contributed by atoms with Gasteiger partial charge in [0, 0.05) is 0 Å². The van der Waals surface area contributed by atoms with E-state index >= 15 is 0 Å². The van der Waals surface area contributed by atoms with Gasteiger partial charge in [0.25, 0.3) is 10.4 Å². The van der Waals surface area contributed by atoms with E-state index in [0.29, 0.717) is 6.42 Å². The molecule has 4 nitrogen and oxygen atoms in total. The van der Waals surface area contributed by atoms with Crippen molar-refractivity contribution in [2.75, 3.05) is 0 Å². The molecule has 0 saturated heterocycles. The highest BCUT2D eigenvalue weighted by Crippen LogP contribution is 1.92. The summed E-state index contributed by atoms with van der Waals surface area (Å²) in [5.74, 6) is 0. The normalized spacial score (nSPS) is 11.2. The Balaban J connectivity index is 3.42. The summed E-state index contributed by atoms with van der Waals surface area (Å²) in [4.78, 5) is 0. The summed E-state index contributed by atoms with van der Waals surface area (Å²) in [6.45, 7) is 2.59. The summed E-state index contributed by atoms with van der Waals surface area (Å²) in [5.41, 5.74) is 0. The lowest BCUT2D eigenvalue weighted by Gasteiger charge is -1.95. The first-order chi connectivity index (χ1) is 3.56. The zero-order chi connectivity index (χ0) is 6.62. The molecule has 0 unspecified atom stereocenters. The number of hydrogen-bond donors (Lipinski definition) is 0. The predicted molar refractivity (Wildman–Crippen MR) is 25.4 cm³/mol. The van der Waals surface area contributed by atoms with Crippen LogP contribution >= 0.6 is 0 Å². The Morgan fingerprint density at radius 1 is 1.75 bits per heavy atom. The lowest BCUT2D eigenvalue weighted by atomic mass is 10.5. The van der Waals surface area contributed by atoms with Crippen LogP contribution in [0.2, 0.25) is 0 Å². The van der Waals surface area contributed by atoms with Gasteiger partial charge in [-0.3, -0.25) is 0 Å². The van der Waals surface area contributed by atoms with Crippen molar-refractivity contribution in [1.29, 1.82) is 0 Å². The van der Waals surface area contributed by atoms with Crippen LogP contribution in [-0.4, -0.2) is 13.0 Å². The van der Waals surface area contributed by atoms with E-state index in [1.54, 1.807) is 6.92 Å². The van der Waals surface area contributed by atoms with Crippen molar-refractivity contribution in [3.63, 3.8) is 0 Å². The summed E-state index contributed by atoms with van der Waals surface area (Å²) in [6.07, 6.45) is 0.404. The average molecular weight is 138 g/mol. The van der Waals surface area contributed by atoms with Gasteiger partial charge in [0.05, 0.1) is 0 Å². The van der Waals surface area contributed by atoms with Crippen molar-refractivity contribution in [2.24, 2.45) is 0 Å². The monoisotopic (exact) mass is 138 g/mol. The molecular formula is C3H6O4S. The molecule has 0 spiro atoms. The van der Waals surface area contributed by atoms with Crippen LogP contribution in [0.3, 0.4) is 0 Å². The van der Waals surface area contributed by atoms with Gasteiger partial charge < -0.3 is 4.55 Å². The van der Waals surface area contributed by atoms with Gasteiger partial charge in [-0.1, -0.05) is 4.18 Å². The largest absolute Gasteiger partial charge is 0.722 e. The van der Waals surface area contributed by atoms with E-state index in [0.717, 1.165) is 6.61 Å². The van der Waals surface area contributed by atoms with Crippen molar-refractivity contribution in [2.45, 2.75) is 13.3 Å². The van der Waals surface area contributed by atoms with Gasteiger partial charge in [-0.15, -0.1) is 0 Å². The van der Waals surface area contributed by atoms with Crippen molar-refractivity contribution in [1.82, 2.24) is 0 Å². The fraction of sp³-hybridized carbons (Fsp3) is 0.667. The molecule has 0 aliphatic heterocycles. The number of rotatable bonds is 3. The molecule has 0 fully saturated rings. The molecule has 0 aliphatic carbocycles. The molecule has 8 heavy (non-hydrogen) atoms. The average Bonchev–Trinajstić information content (AvgIpc) is 1.59. The molecule has 0 atom stereocenters. The second kappa shape index (κ2) is 2.91. The maximum Gasteiger partial charge on any atom is 0.260 e. The van der Waals surface area contributed by atoms with Gasteiger partial charge in [0.15, 0.2) is 0 Å². The molecule has 5 heteroatoms. The zero-order valence-electron chi connectivity index (χ0n) is 4.33. The van der Waals surface area contributed by atoms with Crippen LogP contribution in [0.4, 0.5) is 0 Å². The summed E-state index contributed by atoms with van der Waals surface area (Å²) < 4.78 is 32.4. The van der Waals surface area contributed by atoms with Crippen molar-refractivity contribution in [3.8, 4) is 0 Å². The molecule has 0 aromatic rings. The van der Waals surface area contributed by atoms with Gasteiger partial charge in [-0.25, -0.2) is 8.42 Å². The molecule has 0 amide bonds. The maximum atomic E-state index is 9.58. The molecule has 0 radical (unpaired) electrons. The van der Waals surface area contributed by atoms with Crippen LogP contribution in [0.15, 0.2) is 0 Å². The lowest BCUT2D eigenvalue weighted by Crippen LogP contribution is -2.00. The third-order valence-corrected chi connectivity index (χ3v) is 0.724. The van der Waals surface area contributed by atoms with E-state index < -0.39 is 10.4 Å². The molecular weight excluding hydrogens is 132 g/mol. The quantitative estimate of drug-likeness (QED) is 0.313. The van der Waals surface area contributed by atoms with E-state index in [9.17, 15) is 13.0 Å². The second-order valence-electron chi connectivity index (χ2n) is 1.08. The molecule has 0 N–H and O–H groups in total. The fourth-order valence-corrected chi connectivity index (χ4v) is 0.454. The van der Waals surface area contributed by atoms with Crippen molar-refractivity contribution >= 4 is 10.4 Å². The molecule has 0 bridgehead atoms. The Kier molecular flexibility index (Phi) is 2.81. The molecule has 0 saturated carbocycles. The minimum absolute atomic E-state index is 0.404. The molecule has 48 valence electrons. The first kappa shape index (κ1) is 7.74. The zero-order valence-corrected chi connectivity index (χ0v) is 5.14. The van der Waals surface area contributed by atoms with Crippen LogP contribution in [-0.2, 0) is 14.6 Å². The Labute approximate surface area is 48.4 Å². The standard InChI is InChI=1S/C3H6O4S/c1-2-3-7-8(4,5)6/h3H,2H2,1H3. The minimum Gasteiger partial charge on any atom is -0.722 e. The molecule has 0 aromatic carbocycles. The Bertz CT molecular complexity index is 135. The van der Waals surface area contributed by atoms with Gasteiger partial charge >= 0.3 is 0 Å². The van der Waals surface area contributed by atoms with E-state index in [-0.39, 0.29) is 0 Å². The highest BCUT2D eigenvalue weighted by Gasteiger charge is 2.00. The third kappa shape index (κ3) is 5.74. The van der Waals surface area contributed by atoms with Crippen LogP contribution in [0, 0.1) is 6.61 Å². The predicted octanol–water partition coefficient (Wildman–Crippen LogP) is 0.0350. The second-order valence-corrected chi connectivity index (χ2v) is 2.09. The molecule has 0 aromatic heterocycles. The van der Waals surface area contributed by atoms with Gasteiger partial charge in [0.1, 0.15) is 6.42 Å². The van der Waals surface area contributed by atoms with E-state index in [2.05, 4.69) is 4.18 Å². The Morgan fingerprint density at radius 2 is 2.25 bits per heavy atom. The van der Waals surface area contributed by atoms with Crippen LogP contribution in [0.1, 0.15) is 13.3 Å². The van der Waals surface area contributed by atoms with Gasteiger partial charge in [-0.2, -0.15) is 0 Å². The molecule has 0 rings (SSSR count). The van der Waals surface area contributed by atoms with E-state index in [1.807, 2.05) is 0 Å². The van der Waals surface area contributed by atoms with E-state index in [1.165, 1.54) is 0 Å². The minimum atomic E-state index is -4.49. The maximum absolute atomic E-state index is 9.58. The Hall–Kier alpha value is -0.260. The fourth-order valence-electron chi connectivity index (χ4n) is 0.151. The van der Waals surface area contributed by atoms with Crippen LogP contribution in [0.25, 0.3) is 0 Å². The van der Waals surface area contributed by atoms with Gasteiger partial charge in [-0.05, 0) is 6.92 Å². The first-order valence-electron chi connectivity index (χ1n) is 2.02. The SMILES string of the molecule is CC[CH+]OS(=O)(=O)[O-].